The minimum absolute atomic E-state index is 0.0154. The van der Waals surface area contributed by atoms with E-state index in [4.69, 9.17) is 19.1 Å². The molecule has 2 aliphatic heterocycles. The SMILES string of the molecule is CCCCCCCCON1C(C)(C)CC(OC(=O)CCCCCCCCC(O)OC2CC(C)(C)N(OCCCCCCCC)C(C)(C)C2)CC1(C)C. The molecule has 0 aromatic carbocycles. The lowest BCUT2D eigenvalue weighted by atomic mass is 9.80. The third kappa shape index (κ3) is 17.8. The smallest absolute Gasteiger partial charge is 0.306 e. The lowest BCUT2D eigenvalue weighted by Crippen LogP contribution is -2.62. The Morgan fingerprint density at radius 3 is 1.37 bits per heavy atom. The topological polar surface area (TPSA) is 80.7 Å². The van der Waals surface area contributed by atoms with Crippen molar-refractivity contribution >= 4 is 5.97 Å². The summed E-state index contributed by atoms with van der Waals surface area (Å²) in [6.07, 6.45) is 24.8. The van der Waals surface area contributed by atoms with Crippen molar-refractivity contribution in [1.82, 2.24) is 10.1 Å². The molecule has 52 heavy (non-hydrogen) atoms. The summed E-state index contributed by atoms with van der Waals surface area (Å²) in [5.74, 6) is -0.0696. The van der Waals surface area contributed by atoms with Gasteiger partial charge in [0.1, 0.15) is 6.10 Å². The van der Waals surface area contributed by atoms with Crippen molar-refractivity contribution < 1.29 is 29.0 Å². The Labute approximate surface area is 321 Å². The van der Waals surface area contributed by atoms with E-state index in [1.807, 2.05) is 0 Å². The summed E-state index contributed by atoms with van der Waals surface area (Å²) in [5, 5.41) is 15.1. The Balaban J connectivity index is 1.57. The fourth-order valence-electron chi connectivity index (χ4n) is 9.13. The molecule has 8 heteroatoms. The van der Waals surface area contributed by atoms with Gasteiger partial charge in [-0.2, -0.15) is 10.1 Å². The summed E-state index contributed by atoms with van der Waals surface area (Å²) in [7, 11) is 0. The molecule has 0 radical (unpaired) electrons. The first-order valence-electron chi connectivity index (χ1n) is 21.9. The Bertz CT molecular complexity index is 917. The van der Waals surface area contributed by atoms with Gasteiger partial charge in [0.25, 0.3) is 0 Å². The van der Waals surface area contributed by atoms with Crippen LogP contribution >= 0.6 is 0 Å². The van der Waals surface area contributed by atoms with Crippen molar-refractivity contribution in [3.05, 3.63) is 0 Å². The van der Waals surface area contributed by atoms with Crippen LogP contribution < -0.4 is 0 Å². The van der Waals surface area contributed by atoms with Crippen molar-refractivity contribution in [2.24, 2.45) is 0 Å². The molecule has 2 heterocycles. The van der Waals surface area contributed by atoms with Gasteiger partial charge in [-0.25, -0.2) is 0 Å². The van der Waals surface area contributed by atoms with Gasteiger partial charge in [0.05, 0.1) is 19.3 Å². The zero-order valence-corrected chi connectivity index (χ0v) is 36.0. The number of carbonyl (C=O) groups excluding carboxylic acids is 1. The van der Waals surface area contributed by atoms with E-state index in [9.17, 15) is 9.90 Å². The first-order valence-corrected chi connectivity index (χ1v) is 21.9. The summed E-state index contributed by atoms with van der Waals surface area (Å²) in [6.45, 7) is 23.8. The van der Waals surface area contributed by atoms with E-state index < -0.39 is 6.29 Å². The maximum absolute atomic E-state index is 12.8. The number of hydroxylamine groups is 4. The average Bonchev–Trinajstić information content (AvgIpc) is 3.02. The van der Waals surface area contributed by atoms with Crippen LogP contribution in [0.1, 0.15) is 223 Å². The molecular weight excluding hydrogens is 652 g/mol. The summed E-state index contributed by atoms with van der Waals surface area (Å²) in [5.41, 5.74) is -0.708. The number of aliphatic hydroxyl groups excluding tert-OH is 1. The number of hydrogen-bond acceptors (Lipinski definition) is 8. The van der Waals surface area contributed by atoms with Gasteiger partial charge in [0.2, 0.25) is 0 Å². The van der Waals surface area contributed by atoms with E-state index in [-0.39, 0.29) is 40.3 Å². The summed E-state index contributed by atoms with van der Waals surface area (Å²) < 4.78 is 12.2. The number of esters is 1. The average molecular weight is 739 g/mol. The van der Waals surface area contributed by atoms with Crippen LogP contribution in [0.5, 0.6) is 0 Å². The first kappa shape index (κ1) is 47.4. The van der Waals surface area contributed by atoms with Crippen molar-refractivity contribution in [3.8, 4) is 0 Å². The predicted molar refractivity (Wildman–Crippen MR) is 215 cm³/mol. The zero-order chi connectivity index (χ0) is 38.7. The van der Waals surface area contributed by atoms with Gasteiger partial charge in [-0.1, -0.05) is 104 Å². The summed E-state index contributed by atoms with van der Waals surface area (Å²) >= 11 is 0. The van der Waals surface area contributed by atoms with Crippen molar-refractivity contribution in [1.29, 1.82) is 0 Å². The number of rotatable bonds is 28. The van der Waals surface area contributed by atoms with Gasteiger partial charge in [-0.05, 0) is 100 Å². The quantitative estimate of drug-likeness (QED) is 0.0483. The molecular formula is C44H86N2O6. The third-order valence-corrected chi connectivity index (χ3v) is 11.3. The molecule has 1 N–H and O–H groups in total. The molecule has 2 rings (SSSR count). The summed E-state index contributed by atoms with van der Waals surface area (Å²) in [4.78, 5) is 25.5. The van der Waals surface area contributed by atoms with E-state index in [1.165, 1.54) is 64.2 Å². The molecule has 0 amide bonds. The second-order valence-corrected chi connectivity index (χ2v) is 18.8. The van der Waals surface area contributed by atoms with Crippen LogP contribution in [0.25, 0.3) is 0 Å². The standard InChI is InChI=1S/C44H86N2O6/c1-11-13-15-17-23-27-31-49-45-41(3,4)33-37(34-42(45,5)6)51-39(47)29-25-21-19-20-22-26-30-40(48)52-38-35-43(7,8)46(44(9,10)36-38)50-32-28-24-18-16-14-12-2/h37-39,47H,11-36H2,1-10H3. The molecule has 0 spiro atoms. The van der Waals surface area contributed by atoms with Gasteiger partial charge in [-0.15, -0.1) is 0 Å². The number of hydrogen-bond donors (Lipinski definition) is 1. The highest BCUT2D eigenvalue weighted by atomic mass is 16.7. The molecule has 0 saturated carbocycles. The molecule has 0 aliphatic carbocycles. The highest BCUT2D eigenvalue weighted by Gasteiger charge is 2.48. The van der Waals surface area contributed by atoms with Crippen LogP contribution in [-0.2, 0) is 23.9 Å². The maximum atomic E-state index is 12.8. The van der Waals surface area contributed by atoms with Gasteiger partial charge in [0, 0.05) is 41.4 Å². The van der Waals surface area contributed by atoms with Crippen LogP contribution in [0.15, 0.2) is 0 Å². The molecule has 8 nitrogen and oxygen atoms in total. The van der Waals surface area contributed by atoms with Gasteiger partial charge >= 0.3 is 5.97 Å². The lowest BCUT2D eigenvalue weighted by molar-refractivity contribution is -0.303. The van der Waals surface area contributed by atoms with Crippen LogP contribution in [0, 0.1) is 0 Å². The van der Waals surface area contributed by atoms with Crippen molar-refractivity contribution in [2.45, 2.75) is 264 Å². The second kappa shape index (κ2) is 24.0. The van der Waals surface area contributed by atoms with Gasteiger partial charge < -0.3 is 14.6 Å². The number of ether oxygens (including phenoxy) is 2. The molecule has 308 valence electrons. The molecule has 2 saturated heterocycles. The minimum Gasteiger partial charge on any atom is -0.462 e. The van der Waals surface area contributed by atoms with E-state index in [0.29, 0.717) is 12.8 Å². The number of aliphatic hydroxyl groups is 1. The van der Waals surface area contributed by atoms with E-state index in [2.05, 4.69) is 79.4 Å². The molecule has 2 fully saturated rings. The van der Waals surface area contributed by atoms with E-state index >= 15 is 0 Å². The Morgan fingerprint density at radius 1 is 0.558 bits per heavy atom. The fourth-order valence-corrected chi connectivity index (χ4v) is 9.13. The van der Waals surface area contributed by atoms with Crippen LogP contribution in [-0.4, -0.2) is 75.1 Å². The van der Waals surface area contributed by atoms with Crippen LogP contribution in [0.2, 0.25) is 0 Å². The van der Waals surface area contributed by atoms with Gasteiger partial charge in [-0.3, -0.25) is 14.5 Å². The Hall–Kier alpha value is -0.770. The van der Waals surface area contributed by atoms with Crippen LogP contribution in [0.4, 0.5) is 0 Å². The van der Waals surface area contributed by atoms with E-state index in [0.717, 1.165) is 90.3 Å². The number of carbonyl (C=O) groups is 1. The number of nitrogens with zero attached hydrogens (tertiary/aromatic N) is 2. The molecule has 0 aromatic heterocycles. The van der Waals surface area contributed by atoms with Crippen molar-refractivity contribution in [3.63, 3.8) is 0 Å². The van der Waals surface area contributed by atoms with Gasteiger partial charge in [0.15, 0.2) is 6.29 Å². The largest absolute Gasteiger partial charge is 0.462 e. The Morgan fingerprint density at radius 2 is 0.923 bits per heavy atom. The summed E-state index contributed by atoms with van der Waals surface area (Å²) in [6, 6.07) is 0. The predicted octanol–water partition coefficient (Wildman–Crippen LogP) is 11.6. The zero-order valence-electron chi connectivity index (χ0n) is 36.0. The maximum Gasteiger partial charge on any atom is 0.306 e. The molecule has 1 unspecified atom stereocenters. The molecule has 0 bridgehead atoms. The molecule has 1 atom stereocenters. The second-order valence-electron chi connectivity index (χ2n) is 18.8. The minimum atomic E-state index is -0.726. The highest BCUT2D eigenvalue weighted by molar-refractivity contribution is 5.69. The first-order chi connectivity index (χ1) is 24.5. The van der Waals surface area contributed by atoms with Crippen LogP contribution in [0.3, 0.4) is 0 Å². The number of piperidine rings is 2. The number of unbranched alkanes of at least 4 members (excludes halogenated alkanes) is 15. The fraction of sp³-hybridized carbons (Fsp3) is 0.977. The lowest BCUT2D eigenvalue weighted by Gasteiger charge is -2.53. The van der Waals surface area contributed by atoms with Crippen molar-refractivity contribution in [2.75, 3.05) is 13.2 Å². The van der Waals surface area contributed by atoms with E-state index in [1.54, 1.807) is 0 Å². The highest BCUT2D eigenvalue weighted by Crippen LogP contribution is 2.41. The normalized spacial score (nSPS) is 21.4. The Kier molecular flexibility index (Phi) is 21.9. The molecule has 2 aliphatic rings. The third-order valence-electron chi connectivity index (χ3n) is 11.3. The molecule has 0 aromatic rings. The monoisotopic (exact) mass is 739 g/mol.